The summed E-state index contributed by atoms with van der Waals surface area (Å²) in [6.45, 7) is 13.9. The molecule has 0 aliphatic heterocycles. The lowest BCUT2D eigenvalue weighted by Gasteiger charge is -2.24. The molecule has 0 amide bonds. The maximum atomic E-state index is 14.5. The van der Waals surface area contributed by atoms with Gasteiger partial charge in [-0.25, -0.2) is 4.39 Å². The van der Waals surface area contributed by atoms with Gasteiger partial charge in [-0.3, -0.25) is 0 Å². The third-order valence-corrected chi connectivity index (χ3v) is 6.97. The van der Waals surface area contributed by atoms with Crippen molar-refractivity contribution in [3.8, 4) is 0 Å². The molecule has 0 fully saturated rings. The first kappa shape index (κ1) is 17.9. The molecule has 122 valence electrons. The first-order valence-electron chi connectivity index (χ1n) is 8.17. The zero-order valence-corrected chi connectivity index (χ0v) is 17.1. The molecule has 0 aliphatic rings. The van der Waals surface area contributed by atoms with Crippen LogP contribution < -0.4 is 5.19 Å². The average Bonchev–Trinajstić information content (AvgIpc) is 2.44. The first-order chi connectivity index (χ1) is 10.6. The van der Waals surface area contributed by atoms with E-state index in [0.29, 0.717) is 0 Å². The second kappa shape index (κ2) is 6.58. The van der Waals surface area contributed by atoms with Gasteiger partial charge in [-0.05, 0) is 17.2 Å². The summed E-state index contributed by atoms with van der Waals surface area (Å²) in [7, 11) is -3.02. The summed E-state index contributed by atoms with van der Waals surface area (Å²) in [5.41, 5.74) is 5.34. The fourth-order valence-corrected chi connectivity index (χ4v) is 5.58. The average molecular weight is 343 g/mol. The molecule has 0 radical (unpaired) electrons. The molecule has 0 saturated heterocycles. The molecule has 3 heteroatoms. The Labute approximate surface area is 142 Å². The molecule has 2 rings (SSSR count). The van der Waals surface area contributed by atoms with Gasteiger partial charge in [0, 0.05) is 5.56 Å². The Morgan fingerprint density at radius 1 is 0.783 bits per heavy atom. The largest absolute Gasteiger partial charge is 0.206 e. The van der Waals surface area contributed by atoms with E-state index in [1.54, 1.807) is 12.1 Å². The third kappa shape index (κ3) is 4.52. The van der Waals surface area contributed by atoms with Crippen LogP contribution in [-0.2, 0) is 0 Å². The van der Waals surface area contributed by atoms with Gasteiger partial charge in [-0.1, -0.05) is 92.6 Å². The molecule has 2 aromatic carbocycles. The van der Waals surface area contributed by atoms with E-state index in [1.807, 2.05) is 12.1 Å². The maximum Gasteiger partial charge on any atom is 0.131 e. The van der Waals surface area contributed by atoms with Crippen LogP contribution in [0.3, 0.4) is 0 Å². The van der Waals surface area contributed by atoms with Gasteiger partial charge >= 0.3 is 0 Å². The molecule has 0 N–H and O–H groups in total. The van der Waals surface area contributed by atoms with E-state index >= 15 is 0 Å². The molecule has 2 aromatic rings. The summed E-state index contributed by atoms with van der Waals surface area (Å²) >= 11 is 0. The highest BCUT2D eigenvalue weighted by Gasteiger charge is 2.24. The van der Waals surface area contributed by atoms with Crippen molar-refractivity contribution in [2.45, 2.75) is 39.3 Å². The molecular formula is C20H27FSi2. The van der Waals surface area contributed by atoms with E-state index in [9.17, 15) is 4.39 Å². The molecule has 0 unspecified atom stereocenters. The summed E-state index contributed by atoms with van der Waals surface area (Å²) in [6, 6.07) is 15.7. The lowest BCUT2D eigenvalue weighted by molar-refractivity contribution is 0.624. The zero-order valence-electron chi connectivity index (χ0n) is 15.1. The molecule has 0 spiro atoms. The standard InChI is InChI=1S/C20H27FSi2/c1-22(2,3)15-18(16-11-7-9-13-19(16)21)17-12-8-10-14-20(17)23(4,5)6/h7-15H,1-6H3/b18-15-. The van der Waals surface area contributed by atoms with Crippen LogP contribution in [0.25, 0.3) is 5.57 Å². The van der Waals surface area contributed by atoms with Crippen LogP contribution in [0.15, 0.2) is 54.2 Å². The predicted molar refractivity (Wildman–Crippen MR) is 106 cm³/mol. The topological polar surface area (TPSA) is 0 Å². The predicted octanol–water partition coefficient (Wildman–Crippen LogP) is 5.68. The summed E-state index contributed by atoms with van der Waals surface area (Å²) in [6.07, 6.45) is 0. The number of rotatable bonds is 4. The second-order valence-corrected chi connectivity index (χ2v) is 18.3. The normalized spacial score (nSPS) is 13.3. The van der Waals surface area contributed by atoms with Crippen molar-refractivity contribution in [3.63, 3.8) is 0 Å². The van der Waals surface area contributed by atoms with E-state index in [2.05, 4.69) is 69.2 Å². The smallest absolute Gasteiger partial charge is 0.131 e. The molecule has 0 bridgehead atoms. The highest BCUT2D eigenvalue weighted by molar-refractivity contribution is 6.89. The number of hydrogen-bond acceptors (Lipinski definition) is 0. The maximum absolute atomic E-state index is 14.5. The van der Waals surface area contributed by atoms with E-state index in [1.165, 1.54) is 10.8 Å². The van der Waals surface area contributed by atoms with Crippen molar-refractivity contribution >= 4 is 26.9 Å². The first-order valence-corrected chi connectivity index (χ1v) is 15.2. The molecule has 0 heterocycles. The monoisotopic (exact) mass is 342 g/mol. The fourth-order valence-electron chi connectivity index (χ4n) is 2.79. The minimum atomic E-state index is -1.51. The Kier molecular flexibility index (Phi) is 5.12. The summed E-state index contributed by atoms with van der Waals surface area (Å²) in [4.78, 5) is 0. The Balaban J connectivity index is 2.76. The van der Waals surface area contributed by atoms with Crippen molar-refractivity contribution in [2.24, 2.45) is 0 Å². The van der Waals surface area contributed by atoms with Crippen LogP contribution in [0.1, 0.15) is 11.1 Å². The molecule has 0 aliphatic carbocycles. The van der Waals surface area contributed by atoms with Gasteiger partial charge in [0.1, 0.15) is 5.82 Å². The van der Waals surface area contributed by atoms with Gasteiger partial charge in [-0.2, -0.15) is 0 Å². The quantitative estimate of drug-likeness (QED) is 0.627. The van der Waals surface area contributed by atoms with Gasteiger partial charge in [0.2, 0.25) is 0 Å². The third-order valence-electron chi connectivity index (χ3n) is 3.77. The number of halogens is 1. The van der Waals surface area contributed by atoms with E-state index in [0.717, 1.165) is 11.1 Å². The van der Waals surface area contributed by atoms with Gasteiger partial charge in [-0.15, -0.1) is 0 Å². The van der Waals surface area contributed by atoms with E-state index in [4.69, 9.17) is 0 Å². The van der Waals surface area contributed by atoms with Gasteiger partial charge < -0.3 is 0 Å². The lowest BCUT2D eigenvalue weighted by Crippen LogP contribution is -2.40. The van der Waals surface area contributed by atoms with Gasteiger partial charge in [0.05, 0.1) is 16.1 Å². The molecular weight excluding hydrogens is 315 g/mol. The Morgan fingerprint density at radius 3 is 1.83 bits per heavy atom. The van der Waals surface area contributed by atoms with E-state index < -0.39 is 16.1 Å². The van der Waals surface area contributed by atoms with Crippen molar-refractivity contribution in [3.05, 3.63) is 71.2 Å². The van der Waals surface area contributed by atoms with E-state index in [-0.39, 0.29) is 5.82 Å². The fraction of sp³-hybridized carbons (Fsp3) is 0.300. The summed E-state index contributed by atoms with van der Waals surface area (Å²) < 4.78 is 14.5. The highest BCUT2D eigenvalue weighted by Crippen LogP contribution is 2.28. The van der Waals surface area contributed by atoms with Crippen LogP contribution in [-0.4, -0.2) is 16.1 Å². The summed E-state index contributed by atoms with van der Waals surface area (Å²) in [5, 5.41) is 1.40. The SMILES string of the molecule is C[Si](C)(C)/C=C(/c1ccccc1F)c1ccccc1[Si](C)(C)C. The van der Waals surface area contributed by atoms with Crippen LogP contribution in [0, 0.1) is 5.82 Å². The van der Waals surface area contributed by atoms with Crippen LogP contribution >= 0.6 is 0 Å². The van der Waals surface area contributed by atoms with Gasteiger partial charge in [0.15, 0.2) is 0 Å². The number of hydrogen-bond donors (Lipinski definition) is 0. The number of benzene rings is 2. The van der Waals surface area contributed by atoms with Gasteiger partial charge in [0.25, 0.3) is 0 Å². The van der Waals surface area contributed by atoms with Crippen molar-refractivity contribution < 1.29 is 4.39 Å². The molecule has 0 nitrogen and oxygen atoms in total. The van der Waals surface area contributed by atoms with Crippen LogP contribution in [0.4, 0.5) is 4.39 Å². The van der Waals surface area contributed by atoms with Crippen molar-refractivity contribution in [2.75, 3.05) is 0 Å². The minimum Gasteiger partial charge on any atom is -0.206 e. The van der Waals surface area contributed by atoms with Crippen LogP contribution in [0.5, 0.6) is 0 Å². The second-order valence-electron chi connectivity index (χ2n) is 8.20. The molecule has 0 atom stereocenters. The Bertz CT molecular complexity index is 719. The van der Waals surface area contributed by atoms with Crippen molar-refractivity contribution in [1.82, 2.24) is 0 Å². The van der Waals surface area contributed by atoms with Crippen LogP contribution in [0.2, 0.25) is 39.3 Å². The summed E-state index contributed by atoms with van der Waals surface area (Å²) in [5.74, 6) is -0.137. The zero-order chi connectivity index (χ0) is 17.3. The molecule has 0 aromatic heterocycles. The Hall–Kier alpha value is -1.46. The minimum absolute atomic E-state index is 0.137. The van der Waals surface area contributed by atoms with Crippen molar-refractivity contribution in [1.29, 1.82) is 0 Å². The Morgan fingerprint density at radius 2 is 1.30 bits per heavy atom. The molecule has 23 heavy (non-hydrogen) atoms. The molecule has 0 saturated carbocycles. The lowest BCUT2D eigenvalue weighted by atomic mass is 9.99. The highest BCUT2D eigenvalue weighted by atomic mass is 28.3.